The molecule has 0 radical (unpaired) electrons. The molecule has 4 aliphatic rings. The fourth-order valence-corrected chi connectivity index (χ4v) is 4.01. The highest BCUT2D eigenvalue weighted by Gasteiger charge is 2.19. The molecule has 2 N–H and O–H groups in total. The van der Waals surface area contributed by atoms with Gasteiger partial charge >= 0.3 is 0 Å². The average molecular weight is 406 g/mol. The van der Waals surface area contributed by atoms with Crippen LogP contribution in [0.25, 0.3) is 0 Å². The summed E-state index contributed by atoms with van der Waals surface area (Å²) >= 11 is 0. The Bertz CT molecular complexity index is 984. The fraction of sp³-hybridized carbons (Fsp3) is 0.333. The number of ketones is 2. The third-order valence-electron chi connectivity index (χ3n) is 5.37. The maximum absolute atomic E-state index is 12.3. The fourth-order valence-electron chi connectivity index (χ4n) is 4.01. The Kier molecular flexibility index (Phi) is 6.15. The lowest BCUT2D eigenvalue weighted by Crippen LogP contribution is -2.15. The maximum atomic E-state index is 12.3. The summed E-state index contributed by atoms with van der Waals surface area (Å²) in [6, 6.07) is 7.48. The summed E-state index contributed by atoms with van der Waals surface area (Å²) in [4.78, 5) is 48.0. The molecule has 2 amide bonds. The second-order valence-electron chi connectivity index (χ2n) is 7.81. The van der Waals surface area contributed by atoms with E-state index in [0.29, 0.717) is 48.2 Å². The molecule has 4 aliphatic carbocycles. The van der Waals surface area contributed by atoms with E-state index in [1.807, 2.05) is 24.3 Å². The van der Waals surface area contributed by atoms with Gasteiger partial charge in [-0.15, -0.1) is 0 Å². The van der Waals surface area contributed by atoms with Crippen molar-refractivity contribution in [2.45, 2.75) is 53.4 Å². The summed E-state index contributed by atoms with van der Waals surface area (Å²) in [5.41, 5.74) is 6.03. The van der Waals surface area contributed by atoms with Crippen LogP contribution >= 0.6 is 0 Å². The van der Waals surface area contributed by atoms with Crippen LogP contribution in [0.2, 0.25) is 0 Å². The predicted octanol–water partition coefficient (Wildman–Crippen LogP) is 3.89. The highest BCUT2D eigenvalue weighted by atomic mass is 16.2. The van der Waals surface area contributed by atoms with E-state index in [-0.39, 0.29) is 23.4 Å². The largest absolute Gasteiger partial charge is 0.326 e. The van der Waals surface area contributed by atoms with Crippen molar-refractivity contribution in [3.63, 3.8) is 0 Å². The second-order valence-corrected chi connectivity index (χ2v) is 7.81. The van der Waals surface area contributed by atoms with Crippen LogP contribution in [0.4, 0.5) is 11.4 Å². The van der Waals surface area contributed by atoms with Crippen LogP contribution < -0.4 is 10.6 Å². The third-order valence-corrected chi connectivity index (χ3v) is 5.37. The first-order valence-corrected chi connectivity index (χ1v) is 10.0. The Morgan fingerprint density at radius 2 is 0.900 bits per heavy atom. The van der Waals surface area contributed by atoms with Crippen molar-refractivity contribution in [2.75, 3.05) is 10.6 Å². The Morgan fingerprint density at radius 1 is 0.567 bits per heavy atom. The molecule has 0 aliphatic heterocycles. The minimum Gasteiger partial charge on any atom is -0.326 e. The van der Waals surface area contributed by atoms with Gasteiger partial charge in [0.15, 0.2) is 11.6 Å². The zero-order valence-corrected chi connectivity index (χ0v) is 17.8. The van der Waals surface area contributed by atoms with Gasteiger partial charge in [-0.3, -0.25) is 19.2 Å². The van der Waals surface area contributed by atoms with Crippen molar-refractivity contribution in [2.24, 2.45) is 0 Å². The number of anilines is 2. The van der Waals surface area contributed by atoms with E-state index < -0.39 is 0 Å². The van der Waals surface area contributed by atoms with Gasteiger partial charge in [-0.05, 0) is 86.1 Å². The van der Waals surface area contributed by atoms with Gasteiger partial charge in [0.05, 0.1) is 0 Å². The molecule has 0 heterocycles. The first-order valence-electron chi connectivity index (χ1n) is 10.0. The number of nitrogens with one attached hydrogen (secondary N) is 2. The van der Waals surface area contributed by atoms with E-state index in [9.17, 15) is 19.2 Å². The molecule has 0 saturated heterocycles. The number of rotatable bonds is 4. The van der Waals surface area contributed by atoms with Gasteiger partial charge in [0.25, 0.3) is 0 Å². The second kappa shape index (κ2) is 8.61. The summed E-state index contributed by atoms with van der Waals surface area (Å²) < 4.78 is 0. The lowest BCUT2D eigenvalue weighted by atomic mass is 9.87. The van der Waals surface area contributed by atoms with Crippen LogP contribution in [0.5, 0.6) is 0 Å². The zero-order chi connectivity index (χ0) is 22.0. The highest BCUT2D eigenvalue weighted by Crippen LogP contribution is 2.30. The number of hydrogen-bond donors (Lipinski definition) is 2. The van der Waals surface area contributed by atoms with Crippen LogP contribution in [0, 0.1) is 0 Å². The number of benzene rings is 2. The minimum absolute atomic E-state index is 0.0295. The van der Waals surface area contributed by atoms with Gasteiger partial charge in [-0.2, -0.15) is 0 Å². The standard InChI is InChI=1S/C24H26N2O4/c1-13(27)21-9-19-8-6-18-12-24(26-16(4)30)20(10-22(18)14(2)28)7-5-17(21)11-23(19)25-15(3)29/h9-12H,5-8H2,1-4H3,(H,25,29)(H,26,30). The molecule has 0 saturated carbocycles. The van der Waals surface area contributed by atoms with Crippen molar-refractivity contribution >= 4 is 34.8 Å². The monoisotopic (exact) mass is 406 g/mol. The summed E-state index contributed by atoms with van der Waals surface area (Å²) in [7, 11) is 0. The Balaban J connectivity index is 2.18. The normalized spacial score (nSPS) is 12.7. The topological polar surface area (TPSA) is 92.3 Å². The third kappa shape index (κ3) is 4.64. The van der Waals surface area contributed by atoms with Gasteiger partial charge in [-0.25, -0.2) is 0 Å². The molecule has 30 heavy (non-hydrogen) atoms. The quantitative estimate of drug-likeness (QED) is 0.754. The van der Waals surface area contributed by atoms with E-state index in [1.54, 1.807) is 0 Å². The summed E-state index contributed by atoms with van der Waals surface area (Å²) in [6.45, 7) is 5.99. The first-order chi connectivity index (χ1) is 14.2. The smallest absolute Gasteiger partial charge is 0.221 e. The lowest BCUT2D eigenvalue weighted by Gasteiger charge is -2.20. The van der Waals surface area contributed by atoms with Crippen molar-refractivity contribution in [3.05, 3.63) is 57.6 Å². The molecule has 0 aromatic heterocycles. The van der Waals surface area contributed by atoms with Crippen molar-refractivity contribution in [3.8, 4) is 0 Å². The molecule has 156 valence electrons. The number of carbonyl (C=O) groups excluding carboxylic acids is 4. The average Bonchev–Trinajstić information content (AvgIpc) is 2.63. The van der Waals surface area contributed by atoms with E-state index in [1.165, 1.54) is 27.7 Å². The Hall–Kier alpha value is -3.28. The van der Waals surface area contributed by atoms with Crippen molar-refractivity contribution in [1.29, 1.82) is 0 Å². The first kappa shape index (κ1) is 21.4. The maximum Gasteiger partial charge on any atom is 0.221 e. The molecule has 0 atom stereocenters. The Morgan fingerprint density at radius 3 is 1.20 bits per heavy atom. The van der Waals surface area contributed by atoms with Crippen LogP contribution in [0.15, 0.2) is 24.3 Å². The number of amides is 2. The molecule has 2 aromatic rings. The number of aryl methyl sites for hydroxylation is 4. The molecular weight excluding hydrogens is 380 g/mol. The molecule has 0 unspecified atom stereocenters. The molecule has 4 bridgehead atoms. The van der Waals surface area contributed by atoms with Crippen LogP contribution in [0.1, 0.15) is 70.7 Å². The predicted molar refractivity (Wildman–Crippen MR) is 116 cm³/mol. The molecular formula is C24H26N2O4. The molecule has 6 rings (SSSR count). The van der Waals surface area contributed by atoms with E-state index in [2.05, 4.69) is 10.6 Å². The zero-order valence-electron chi connectivity index (χ0n) is 17.8. The van der Waals surface area contributed by atoms with Crippen LogP contribution in [-0.4, -0.2) is 23.4 Å². The lowest BCUT2D eigenvalue weighted by molar-refractivity contribution is -0.115. The van der Waals surface area contributed by atoms with Gasteiger partial charge in [0, 0.05) is 36.3 Å². The molecule has 0 spiro atoms. The highest BCUT2D eigenvalue weighted by molar-refractivity contribution is 5.99. The van der Waals surface area contributed by atoms with E-state index in [0.717, 1.165) is 22.3 Å². The number of carbonyl (C=O) groups is 4. The molecule has 0 fully saturated rings. The summed E-state index contributed by atoms with van der Waals surface area (Å²) in [5.74, 6) is -0.410. The van der Waals surface area contributed by atoms with Gasteiger partial charge in [0.1, 0.15) is 0 Å². The molecule has 2 aromatic carbocycles. The van der Waals surface area contributed by atoms with Gasteiger partial charge < -0.3 is 10.6 Å². The van der Waals surface area contributed by atoms with Crippen molar-refractivity contribution < 1.29 is 19.2 Å². The van der Waals surface area contributed by atoms with Crippen LogP contribution in [-0.2, 0) is 35.3 Å². The summed E-state index contributed by atoms with van der Waals surface area (Å²) in [6.07, 6.45) is 2.14. The van der Waals surface area contributed by atoms with Gasteiger partial charge in [0.2, 0.25) is 11.8 Å². The van der Waals surface area contributed by atoms with Crippen LogP contribution in [0.3, 0.4) is 0 Å². The Labute approximate surface area is 176 Å². The van der Waals surface area contributed by atoms with E-state index in [4.69, 9.17) is 0 Å². The number of Topliss-reactive ketones (excluding diaryl/α,β-unsaturated/α-hetero) is 2. The van der Waals surface area contributed by atoms with Gasteiger partial charge in [-0.1, -0.05) is 0 Å². The summed E-state index contributed by atoms with van der Waals surface area (Å²) in [5, 5.41) is 5.75. The minimum atomic E-state index is -0.175. The molecule has 6 nitrogen and oxygen atoms in total. The SMILES string of the molecule is CC(=O)Nc1cc2c(C(C)=O)cc1CCc1cc(NC(C)=O)c(cc1C(C)=O)CC2. The van der Waals surface area contributed by atoms with E-state index >= 15 is 0 Å². The number of hydrogen-bond acceptors (Lipinski definition) is 4. The van der Waals surface area contributed by atoms with Crippen molar-refractivity contribution in [1.82, 2.24) is 0 Å². The molecule has 6 heteroatoms.